The fourth-order valence-corrected chi connectivity index (χ4v) is 1.56. The second-order valence-electron chi connectivity index (χ2n) is 3.44. The van der Waals surface area contributed by atoms with E-state index in [1.54, 1.807) is 13.3 Å². The number of methoxy groups -OCH3 is 1. The van der Waals surface area contributed by atoms with Crippen LogP contribution in [0.4, 0.5) is 0 Å². The lowest BCUT2D eigenvalue weighted by molar-refractivity contribution is 0.415. The first-order valence-electron chi connectivity index (χ1n) is 5.15. The van der Waals surface area contributed by atoms with Crippen molar-refractivity contribution in [3.05, 3.63) is 52.6 Å². The van der Waals surface area contributed by atoms with Crippen molar-refractivity contribution in [2.24, 2.45) is 0 Å². The molecule has 0 spiro atoms. The zero-order valence-corrected chi connectivity index (χ0v) is 11.4. The Kier molecular flexibility index (Phi) is 5.55. The van der Waals surface area contributed by atoms with Crippen LogP contribution in [0.3, 0.4) is 0 Å². The molecule has 0 saturated heterocycles. The molecule has 0 radical (unpaired) electrons. The maximum absolute atomic E-state index is 5.10. The zero-order valence-electron chi connectivity index (χ0n) is 9.79. The van der Waals surface area contributed by atoms with E-state index < -0.39 is 0 Å². The molecule has 0 aliphatic heterocycles. The second kappa shape index (κ2) is 6.93. The summed E-state index contributed by atoms with van der Waals surface area (Å²) in [7, 11) is 1.65. The van der Waals surface area contributed by atoms with Gasteiger partial charge in [0.1, 0.15) is 5.75 Å². The van der Waals surface area contributed by atoms with Crippen LogP contribution < -0.4 is 4.74 Å². The van der Waals surface area contributed by atoms with Crippen LogP contribution in [0.15, 0.2) is 36.5 Å². The van der Waals surface area contributed by atoms with Gasteiger partial charge in [-0.05, 0) is 42.1 Å². The summed E-state index contributed by atoms with van der Waals surface area (Å²) >= 11 is 4.95. The summed E-state index contributed by atoms with van der Waals surface area (Å²) in [4.78, 5) is 6.92. The van der Waals surface area contributed by atoms with Crippen molar-refractivity contribution in [3.8, 4) is 5.75 Å². The maximum Gasteiger partial charge on any atom is 0.197 e. The SMILES string of the molecule is COc1ccc(/C=C/c2ccnc(=S)[nH]2)cc1.Cl. The molecule has 0 atom stereocenters. The number of rotatable bonds is 3. The lowest BCUT2D eigenvalue weighted by Crippen LogP contribution is -1.84. The highest BCUT2D eigenvalue weighted by atomic mass is 35.5. The number of aromatic amines is 1. The van der Waals surface area contributed by atoms with Crippen LogP contribution >= 0.6 is 24.6 Å². The van der Waals surface area contributed by atoms with Gasteiger partial charge in [0.25, 0.3) is 0 Å². The summed E-state index contributed by atoms with van der Waals surface area (Å²) in [6.45, 7) is 0. The van der Waals surface area contributed by atoms with E-state index in [1.807, 2.05) is 42.5 Å². The molecule has 1 aromatic carbocycles. The molecule has 5 heteroatoms. The van der Waals surface area contributed by atoms with Crippen LogP contribution in [0.2, 0.25) is 0 Å². The van der Waals surface area contributed by atoms with Gasteiger partial charge in [0, 0.05) is 11.9 Å². The van der Waals surface area contributed by atoms with Crippen LogP contribution in [0.1, 0.15) is 11.3 Å². The quantitative estimate of drug-likeness (QED) is 0.871. The van der Waals surface area contributed by atoms with Gasteiger partial charge in [0.15, 0.2) is 4.77 Å². The molecule has 0 bridgehead atoms. The van der Waals surface area contributed by atoms with Crippen LogP contribution in [-0.2, 0) is 0 Å². The highest BCUT2D eigenvalue weighted by Gasteiger charge is 1.90. The van der Waals surface area contributed by atoms with Crippen molar-refractivity contribution < 1.29 is 4.74 Å². The first-order valence-corrected chi connectivity index (χ1v) is 5.56. The molecular weight excluding hydrogens is 268 g/mol. The van der Waals surface area contributed by atoms with E-state index >= 15 is 0 Å². The van der Waals surface area contributed by atoms with Gasteiger partial charge in [-0.15, -0.1) is 12.4 Å². The number of nitrogens with zero attached hydrogens (tertiary/aromatic N) is 1. The van der Waals surface area contributed by atoms with Gasteiger partial charge in [-0.1, -0.05) is 18.2 Å². The van der Waals surface area contributed by atoms with Gasteiger partial charge < -0.3 is 9.72 Å². The molecule has 1 heterocycles. The van der Waals surface area contributed by atoms with E-state index in [1.165, 1.54) is 0 Å². The Morgan fingerprint density at radius 2 is 1.89 bits per heavy atom. The van der Waals surface area contributed by atoms with Crippen molar-refractivity contribution >= 4 is 36.8 Å². The topological polar surface area (TPSA) is 37.9 Å². The molecule has 18 heavy (non-hydrogen) atoms. The van der Waals surface area contributed by atoms with E-state index in [0.29, 0.717) is 4.77 Å². The minimum absolute atomic E-state index is 0. The van der Waals surface area contributed by atoms with E-state index in [0.717, 1.165) is 17.0 Å². The Balaban J connectivity index is 0.00000162. The average molecular weight is 281 g/mol. The summed E-state index contributed by atoms with van der Waals surface area (Å²) in [5.41, 5.74) is 2.03. The smallest absolute Gasteiger partial charge is 0.197 e. The van der Waals surface area contributed by atoms with Crippen LogP contribution in [0.25, 0.3) is 12.2 Å². The summed E-state index contributed by atoms with van der Waals surface area (Å²) in [6.07, 6.45) is 5.64. The standard InChI is InChI=1S/C13H12N2OS.ClH/c1-16-12-6-3-10(4-7-12)2-5-11-8-9-14-13(17)15-11;/h2-9H,1H3,(H,14,15,17);1H/b5-2+;. The second-order valence-corrected chi connectivity index (χ2v) is 3.82. The Morgan fingerprint density at radius 1 is 1.17 bits per heavy atom. The summed E-state index contributed by atoms with van der Waals surface area (Å²) in [5, 5.41) is 0. The van der Waals surface area contributed by atoms with Crippen LogP contribution in [0, 0.1) is 4.77 Å². The van der Waals surface area contributed by atoms with Crippen LogP contribution in [0.5, 0.6) is 5.75 Å². The van der Waals surface area contributed by atoms with Crippen molar-refractivity contribution in [1.29, 1.82) is 0 Å². The van der Waals surface area contributed by atoms with Crippen molar-refractivity contribution in [3.63, 3.8) is 0 Å². The fraction of sp³-hybridized carbons (Fsp3) is 0.0769. The molecule has 3 nitrogen and oxygen atoms in total. The number of benzene rings is 1. The third-order valence-corrected chi connectivity index (χ3v) is 2.48. The van der Waals surface area contributed by atoms with Gasteiger partial charge in [-0.3, -0.25) is 0 Å². The largest absolute Gasteiger partial charge is 0.497 e. The van der Waals surface area contributed by atoms with E-state index in [4.69, 9.17) is 17.0 Å². The molecule has 1 aromatic heterocycles. The highest BCUT2D eigenvalue weighted by molar-refractivity contribution is 7.71. The van der Waals surface area contributed by atoms with Crippen molar-refractivity contribution in [2.75, 3.05) is 7.11 Å². The molecule has 0 aliphatic rings. The number of hydrogen-bond acceptors (Lipinski definition) is 3. The monoisotopic (exact) mass is 280 g/mol. The fourth-order valence-electron chi connectivity index (χ4n) is 1.38. The molecule has 2 aromatic rings. The lowest BCUT2D eigenvalue weighted by Gasteiger charge is -1.99. The molecule has 0 unspecified atom stereocenters. The first kappa shape index (κ1) is 14.4. The van der Waals surface area contributed by atoms with Crippen LogP contribution in [-0.4, -0.2) is 17.1 Å². The summed E-state index contributed by atoms with van der Waals surface area (Å²) < 4.78 is 5.58. The van der Waals surface area contributed by atoms with Gasteiger partial charge in [0.05, 0.1) is 7.11 Å². The highest BCUT2D eigenvalue weighted by Crippen LogP contribution is 2.13. The molecule has 94 valence electrons. The van der Waals surface area contributed by atoms with Gasteiger partial charge in [-0.25, -0.2) is 4.98 Å². The number of H-pyrrole nitrogens is 1. The normalized spacial score (nSPS) is 10.1. The Bertz CT molecular complexity index is 578. The predicted octanol–water partition coefficient (Wildman–Crippen LogP) is 3.74. The third kappa shape index (κ3) is 3.98. The minimum Gasteiger partial charge on any atom is -0.497 e. The number of aromatic nitrogens is 2. The number of hydrogen-bond donors (Lipinski definition) is 1. The van der Waals surface area contributed by atoms with Gasteiger partial charge in [-0.2, -0.15) is 0 Å². The Hall–Kier alpha value is -1.65. The maximum atomic E-state index is 5.10. The molecule has 0 saturated carbocycles. The summed E-state index contributed by atoms with van der Waals surface area (Å²) in [5.74, 6) is 0.852. The van der Waals surface area contributed by atoms with E-state index in [9.17, 15) is 0 Å². The summed E-state index contributed by atoms with van der Waals surface area (Å²) in [6, 6.07) is 9.70. The van der Waals surface area contributed by atoms with Gasteiger partial charge >= 0.3 is 0 Å². The Labute approximate surface area is 117 Å². The number of halogens is 1. The van der Waals surface area contributed by atoms with Crippen molar-refractivity contribution in [2.45, 2.75) is 0 Å². The predicted molar refractivity (Wildman–Crippen MR) is 78.6 cm³/mol. The molecule has 2 rings (SSSR count). The van der Waals surface area contributed by atoms with E-state index in [-0.39, 0.29) is 12.4 Å². The molecule has 0 aliphatic carbocycles. The Morgan fingerprint density at radius 3 is 2.50 bits per heavy atom. The lowest BCUT2D eigenvalue weighted by atomic mass is 10.2. The van der Waals surface area contributed by atoms with E-state index in [2.05, 4.69) is 9.97 Å². The number of nitrogens with one attached hydrogen (secondary N) is 1. The molecule has 0 amide bonds. The third-order valence-electron chi connectivity index (χ3n) is 2.27. The minimum atomic E-state index is 0. The van der Waals surface area contributed by atoms with Gasteiger partial charge in [0.2, 0.25) is 0 Å². The first-order chi connectivity index (χ1) is 8.28. The number of ether oxygens (including phenoxy) is 1. The average Bonchev–Trinajstić information content (AvgIpc) is 2.37. The van der Waals surface area contributed by atoms with Crippen molar-refractivity contribution in [1.82, 2.24) is 9.97 Å². The molecule has 0 fully saturated rings. The zero-order chi connectivity index (χ0) is 12.1. The molecular formula is C13H13ClN2OS. The molecule has 1 N–H and O–H groups in total.